The molecule has 2 N–H and O–H groups in total. The zero-order valence-electron chi connectivity index (χ0n) is 20.3. The van der Waals surface area contributed by atoms with Gasteiger partial charge in [0.05, 0.1) is 12.2 Å². The first kappa shape index (κ1) is 26.4. The molecule has 0 saturated carbocycles. The second-order valence-electron chi connectivity index (χ2n) is 8.20. The number of nitrogens with one attached hydrogen (secondary N) is 2. The van der Waals surface area contributed by atoms with E-state index in [0.29, 0.717) is 23.5 Å². The molecule has 0 spiro atoms. The lowest BCUT2D eigenvalue weighted by Crippen LogP contribution is -2.21. The highest BCUT2D eigenvalue weighted by Crippen LogP contribution is 2.22. The molecule has 0 atom stereocenters. The van der Waals surface area contributed by atoms with Crippen LogP contribution in [0.3, 0.4) is 0 Å². The van der Waals surface area contributed by atoms with Crippen molar-refractivity contribution in [3.63, 3.8) is 0 Å². The molecule has 0 unspecified atom stereocenters. The highest BCUT2D eigenvalue weighted by atomic mass is 16.5. The maximum atomic E-state index is 12.2. The van der Waals surface area contributed by atoms with E-state index in [1.807, 2.05) is 43.3 Å². The monoisotopic (exact) mass is 490 g/mol. The molecule has 0 aliphatic heterocycles. The van der Waals surface area contributed by atoms with Gasteiger partial charge in [-0.25, -0.2) is 4.79 Å². The lowest BCUT2D eigenvalue weighted by Gasteiger charge is -2.09. The summed E-state index contributed by atoms with van der Waals surface area (Å²) in [6.45, 7) is 1.99. The first-order valence-corrected chi connectivity index (χ1v) is 12.0. The average molecular weight is 491 g/mol. The summed E-state index contributed by atoms with van der Waals surface area (Å²) in [5.41, 5.74) is 1.60. The number of rotatable bonds is 12. The van der Waals surface area contributed by atoms with Crippen LogP contribution in [0.5, 0.6) is 0 Å². The van der Waals surface area contributed by atoms with E-state index in [9.17, 15) is 19.2 Å². The number of esters is 2. The van der Waals surface area contributed by atoms with Gasteiger partial charge in [-0.15, -0.1) is 0 Å². The van der Waals surface area contributed by atoms with Crippen molar-refractivity contribution in [3.8, 4) is 0 Å². The predicted molar refractivity (Wildman–Crippen MR) is 138 cm³/mol. The summed E-state index contributed by atoms with van der Waals surface area (Å²) in [7, 11) is 0. The Labute approximate surface area is 210 Å². The van der Waals surface area contributed by atoms with Gasteiger partial charge in [0.2, 0.25) is 5.91 Å². The van der Waals surface area contributed by atoms with E-state index in [1.54, 1.807) is 30.3 Å². The fourth-order valence-electron chi connectivity index (χ4n) is 3.44. The Morgan fingerprint density at radius 1 is 0.750 bits per heavy atom. The van der Waals surface area contributed by atoms with Crippen molar-refractivity contribution in [2.45, 2.75) is 39.0 Å². The SMILES string of the molecule is CCCCOC(=O)c1ccc(NC(=O)CCCC(=O)OCC(=O)Nc2cccc3ccccc23)cc1. The van der Waals surface area contributed by atoms with Crippen molar-refractivity contribution >= 4 is 45.9 Å². The van der Waals surface area contributed by atoms with Gasteiger partial charge in [0.1, 0.15) is 0 Å². The van der Waals surface area contributed by atoms with E-state index in [-0.39, 0.29) is 25.2 Å². The normalized spacial score (nSPS) is 10.5. The summed E-state index contributed by atoms with van der Waals surface area (Å²) in [5, 5.41) is 7.36. The van der Waals surface area contributed by atoms with Gasteiger partial charge >= 0.3 is 11.9 Å². The lowest BCUT2D eigenvalue weighted by atomic mass is 10.1. The smallest absolute Gasteiger partial charge is 0.338 e. The molecule has 0 fully saturated rings. The summed E-state index contributed by atoms with van der Waals surface area (Å²) < 4.78 is 10.2. The van der Waals surface area contributed by atoms with Crippen molar-refractivity contribution < 1.29 is 28.7 Å². The molecule has 0 aromatic heterocycles. The van der Waals surface area contributed by atoms with E-state index in [0.717, 1.165) is 23.6 Å². The largest absolute Gasteiger partial charge is 0.462 e. The van der Waals surface area contributed by atoms with Crippen LogP contribution in [0.1, 0.15) is 49.4 Å². The maximum Gasteiger partial charge on any atom is 0.338 e. The van der Waals surface area contributed by atoms with Crippen LogP contribution in [-0.2, 0) is 23.9 Å². The zero-order valence-corrected chi connectivity index (χ0v) is 20.3. The van der Waals surface area contributed by atoms with E-state index >= 15 is 0 Å². The molecular formula is C28H30N2O6. The number of unbranched alkanes of at least 4 members (excludes halogenated alkanes) is 1. The fraction of sp³-hybridized carbons (Fsp3) is 0.286. The molecule has 3 aromatic rings. The molecule has 3 aromatic carbocycles. The van der Waals surface area contributed by atoms with Crippen LogP contribution >= 0.6 is 0 Å². The van der Waals surface area contributed by atoms with Crippen LogP contribution in [0.25, 0.3) is 10.8 Å². The first-order valence-electron chi connectivity index (χ1n) is 12.0. The lowest BCUT2D eigenvalue weighted by molar-refractivity contribution is -0.147. The van der Waals surface area contributed by atoms with E-state index in [2.05, 4.69) is 10.6 Å². The topological polar surface area (TPSA) is 111 Å². The van der Waals surface area contributed by atoms with Crippen LogP contribution in [0, 0.1) is 0 Å². The Morgan fingerprint density at radius 3 is 2.28 bits per heavy atom. The van der Waals surface area contributed by atoms with Crippen LogP contribution in [0.2, 0.25) is 0 Å². The highest BCUT2D eigenvalue weighted by molar-refractivity contribution is 6.02. The van der Waals surface area contributed by atoms with Gasteiger partial charge in [-0.3, -0.25) is 14.4 Å². The third kappa shape index (κ3) is 8.23. The molecule has 3 rings (SSSR count). The fourth-order valence-corrected chi connectivity index (χ4v) is 3.44. The Kier molecular flexibility index (Phi) is 10.00. The summed E-state index contributed by atoms with van der Waals surface area (Å²) in [4.78, 5) is 48.2. The molecule has 2 amide bonds. The van der Waals surface area contributed by atoms with Crippen molar-refractivity contribution in [1.29, 1.82) is 0 Å². The number of fused-ring (bicyclic) bond motifs is 1. The molecule has 0 bridgehead atoms. The maximum absolute atomic E-state index is 12.2. The highest BCUT2D eigenvalue weighted by Gasteiger charge is 2.12. The van der Waals surface area contributed by atoms with Crippen LogP contribution in [0.4, 0.5) is 11.4 Å². The number of carbonyl (C=O) groups is 4. The van der Waals surface area contributed by atoms with Gasteiger partial charge in [-0.05, 0) is 48.6 Å². The van der Waals surface area contributed by atoms with Crippen LogP contribution < -0.4 is 10.6 Å². The summed E-state index contributed by atoms with van der Waals surface area (Å²) in [6.07, 6.45) is 2.15. The van der Waals surface area contributed by atoms with E-state index in [4.69, 9.17) is 9.47 Å². The molecule has 8 heteroatoms. The van der Waals surface area contributed by atoms with Crippen molar-refractivity contribution in [3.05, 3.63) is 72.3 Å². The molecule has 188 valence electrons. The van der Waals surface area contributed by atoms with Crippen molar-refractivity contribution in [2.24, 2.45) is 0 Å². The molecule has 8 nitrogen and oxygen atoms in total. The minimum absolute atomic E-state index is 0.0114. The van der Waals surface area contributed by atoms with Gasteiger partial charge < -0.3 is 20.1 Å². The summed E-state index contributed by atoms with van der Waals surface area (Å²) >= 11 is 0. The first-order chi connectivity index (χ1) is 17.5. The van der Waals surface area contributed by atoms with Gasteiger partial charge in [0, 0.05) is 29.6 Å². The van der Waals surface area contributed by atoms with Gasteiger partial charge in [0.15, 0.2) is 6.61 Å². The number of hydrogen-bond acceptors (Lipinski definition) is 6. The Morgan fingerprint density at radius 2 is 1.50 bits per heavy atom. The molecule has 36 heavy (non-hydrogen) atoms. The summed E-state index contributed by atoms with van der Waals surface area (Å²) in [5.74, 6) is -1.66. The number of hydrogen-bond donors (Lipinski definition) is 2. The third-order valence-electron chi connectivity index (χ3n) is 5.35. The number of anilines is 2. The van der Waals surface area contributed by atoms with Crippen molar-refractivity contribution in [2.75, 3.05) is 23.8 Å². The number of benzene rings is 3. The van der Waals surface area contributed by atoms with Gasteiger partial charge in [-0.1, -0.05) is 49.7 Å². The standard InChI is InChI=1S/C28H30N2O6/c1-2-3-18-35-28(34)21-14-16-22(17-15-21)29-25(31)12-7-13-27(33)36-19-26(32)30-24-11-6-9-20-8-4-5-10-23(20)24/h4-6,8-11,14-17H,2-3,7,12-13,18-19H2,1H3,(H,29,31)(H,30,32). The van der Waals surface area contributed by atoms with Crippen LogP contribution in [0.15, 0.2) is 66.7 Å². The average Bonchev–Trinajstić information content (AvgIpc) is 2.88. The number of amides is 2. The minimum atomic E-state index is -0.554. The Bertz CT molecular complexity index is 1200. The predicted octanol–water partition coefficient (Wildman–Crippen LogP) is 5.09. The molecular weight excluding hydrogens is 460 g/mol. The molecule has 0 heterocycles. The Hall–Kier alpha value is -4.20. The van der Waals surface area contributed by atoms with E-state index < -0.39 is 24.5 Å². The number of carbonyl (C=O) groups excluding carboxylic acids is 4. The quantitative estimate of drug-likeness (QED) is 0.270. The number of ether oxygens (including phenoxy) is 2. The third-order valence-corrected chi connectivity index (χ3v) is 5.35. The molecule has 0 radical (unpaired) electrons. The van der Waals surface area contributed by atoms with Gasteiger partial charge in [0.25, 0.3) is 5.91 Å². The van der Waals surface area contributed by atoms with Gasteiger partial charge in [-0.2, -0.15) is 0 Å². The second-order valence-corrected chi connectivity index (χ2v) is 8.20. The second kappa shape index (κ2) is 13.6. The molecule has 0 aliphatic rings. The summed E-state index contributed by atoms with van der Waals surface area (Å²) in [6, 6.07) is 19.6. The van der Waals surface area contributed by atoms with E-state index in [1.165, 1.54) is 0 Å². The Balaban J connectivity index is 1.34. The molecule has 0 saturated heterocycles. The van der Waals surface area contributed by atoms with Crippen molar-refractivity contribution in [1.82, 2.24) is 0 Å². The van der Waals surface area contributed by atoms with Crippen LogP contribution in [-0.4, -0.2) is 37.0 Å². The molecule has 0 aliphatic carbocycles. The zero-order chi connectivity index (χ0) is 25.8. The minimum Gasteiger partial charge on any atom is -0.462 e.